The zero-order valence-electron chi connectivity index (χ0n) is 20.9. The van der Waals surface area contributed by atoms with E-state index in [1.165, 1.54) is 10.4 Å². The number of hydrogen-bond acceptors (Lipinski definition) is 5. The van der Waals surface area contributed by atoms with Crippen LogP contribution in [0.5, 0.6) is 5.75 Å². The van der Waals surface area contributed by atoms with Crippen LogP contribution in [0.3, 0.4) is 0 Å². The van der Waals surface area contributed by atoms with Crippen LogP contribution in [0.1, 0.15) is 40.5 Å². The molecule has 3 heterocycles. The van der Waals surface area contributed by atoms with E-state index in [2.05, 4.69) is 30.5 Å². The van der Waals surface area contributed by atoms with E-state index in [1.807, 2.05) is 17.0 Å². The lowest BCUT2D eigenvalue weighted by Gasteiger charge is -2.38. The van der Waals surface area contributed by atoms with Crippen molar-refractivity contribution in [3.8, 4) is 5.75 Å². The smallest absolute Gasteiger partial charge is 0.261 e. The number of thiophene rings is 1. The Balaban J connectivity index is 1.35. The van der Waals surface area contributed by atoms with Crippen molar-refractivity contribution in [1.29, 1.82) is 0 Å². The van der Waals surface area contributed by atoms with E-state index < -0.39 is 0 Å². The molecule has 0 spiro atoms. The molecule has 0 radical (unpaired) electrons. The SMILES string of the molecule is Cc1ccccc1C1c2ccsc2CCN1C(=O)CN(CC1CCCO1)C(=O)COc1ccc(Cl)cc1. The molecule has 5 rings (SSSR count). The zero-order valence-corrected chi connectivity index (χ0v) is 22.5. The van der Waals surface area contributed by atoms with Crippen molar-refractivity contribution in [3.05, 3.63) is 86.6 Å². The van der Waals surface area contributed by atoms with Gasteiger partial charge < -0.3 is 19.3 Å². The molecule has 2 aliphatic heterocycles. The van der Waals surface area contributed by atoms with Gasteiger partial charge in [-0.15, -0.1) is 11.3 Å². The standard InChI is InChI=1S/C29H31ClN2O4S/c1-20-5-2-3-7-24(20)29-25-13-16-37-26(25)12-14-32(29)27(33)18-31(17-23-6-4-15-35-23)28(34)19-36-22-10-8-21(30)9-11-22/h2-3,5,7-11,13,16,23,29H,4,6,12,14-15,17-19H2,1H3. The maximum atomic E-state index is 13.9. The van der Waals surface area contributed by atoms with Gasteiger partial charge in [-0.25, -0.2) is 0 Å². The second-order valence-electron chi connectivity index (χ2n) is 9.55. The summed E-state index contributed by atoms with van der Waals surface area (Å²) in [7, 11) is 0. The van der Waals surface area contributed by atoms with Crippen molar-refractivity contribution >= 4 is 34.8 Å². The molecule has 6 nitrogen and oxygen atoms in total. The fraction of sp³-hybridized carbons (Fsp3) is 0.379. The van der Waals surface area contributed by atoms with Crippen molar-refractivity contribution in [3.63, 3.8) is 0 Å². The minimum absolute atomic E-state index is 0.00940. The Morgan fingerprint density at radius 2 is 1.95 bits per heavy atom. The van der Waals surface area contributed by atoms with Crippen LogP contribution in [0.15, 0.2) is 60.0 Å². The molecule has 0 aliphatic carbocycles. The fourth-order valence-corrected chi connectivity index (χ4v) is 6.15. The largest absolute Gasteiger partial charge is 0.484 e. The lowest BCUT2D eigenvalue weighted by atomic mass is 9.90. The average Bonchev–Trinajstić information content (AvgIpc) is 3.60. The van der Waals surface area contributed by atoms with Crippen LogP contribution in [0.25, 0.3) is 0 Å². The highest BCUT2D eigenvalue weighted by atomic mass is 35.5. The summed E-state index contributed by atoms with van der Waals surface area (Å²) in [6, 6.07) is 17.1. The van der Waals surface area contributed by atoms with Crippen LogP contribution < -0.4 is 4.74 Å². The van der Waals surface area contributed by atoms with Crippen molar-refractivity contribution in [1.82, 2.24) is 9.80 Å². The van der Waals surface area contributed by atoms with Gasteiger partial charge in [0.25, 0.3) is 5.91 Å². The van der Waals surface area contributed by atoms with E-state index in [0.717, 1.165) is 30.4 Å². The highest BCUT2D eigenvalue weighted by Crippen LogP contribution is 2.39. The minimum Gasteiger partial charge on any atom is -0.484 e. The van der Waals surface area contributed by atoms with Gasteiger partial charge in [0.15, 0.2) is 6.61 Å². The number of ether oxygens (including phenoxy) is 2. The number of rotatable bonds is 8. The molecular formula is C29H31ClN2O4S. The first-order valence-corrected chi connectivity index (χ1v) is 13.9. The van der Waals surface area contributed by atoms with Crippen molar-refractivity contribution in [2.75, 3.05) is 32.8 Å². The van der Waals surface area contributed by atoms with Crippen LogP contribution in [0, 0.1) is 6.92 Å². The first-order valence-electron chi connectivity index (χ1n) is 12.7. The third kappa shape index (κ3) is 6.00. The Bertz CT molecular complexity index is 1240. The molecular weight excluding hydrogens is 508 g/mol. The van der Waals surface area contributed by atoms with E-state index in [4.69, 9.17) is 21.1 Å². The maximum Gasteiger partial charge on any atom is 0.261 e. The molecule has 0 saturated carbocycles. The van der Waals surface area contributed by atoms with Gasteiger partial charge in [0.05, 0.1) is 18.7 Å². The van der Waals surface area contributed by atoms with Crippen LogP contribution in [-0.4, -0.2) is 60.6 Å². The van der Waals surface area contributed by atoms with Crippen molar-refractivity contribution in [2.24, 2.45) is 0 Å². The Kier molecular flexibility index (Phi) is 8.13. The number of benzene rings is 2. The number of carbonyl (C=O) groups excluding carboxylic acids is 2. The Hall–Kier alpha value is -2.87. The van der Waals surface area contributed by atoms with Gasteiger partial charge in [0.2, 0.25) is 5.91 Å². The van der Waals surface area contributed by atoms with Gasteiger partial charge in [0.1, 0.15) is 5.75 Å². The maximum absolute atomic E-state index is 13.9. The van der Waals surface area contributed by atoms with E-state index in [0.29, 0.717) is 30.5 Å². The van der Waals surface area contributed by atoms with Gasteiger partial charge in [0, 0.05) is 29.6 Å². The van der Waals surface area contributed by atoms with Gasteiger partial charge in [-0.05, 0) is 78.6 Å². The van der Waals surface area contributed by atoms with E-state index >= 15 is 0 Å². The topological polar surface area (TPSA) is 59.1 Å². The third-order valence-corrected chi connectivity index (χ3v) is 8.32. The van der Waals surface area contributed by atoms with Gasteiger partial charge in [-0.3, -0.25) is 9.59 Å². The molecule has 8 heteroatoms. The average molecular weight is 539 g/mol. The predicted molar refractivity (Wildman–Crippen MR) is 145 cm³/mol. The quantitative estimate of drug-likeness (QED) is 0.392. The highest BCUT2D eigenvalue weighted by Gasteiger charge is 2.35. The molecule has 1 fully saturated rings. The molecule has 2 aromatic carbocycles. The van der Waals surface area contributed by atoms with Crippen LogP contribution in [0.2, 0.25) is 5.02 Å². The number of amides is 2. The summed E-state index contributed by atoms with van der Waals surface area (Å²) in [6.45, 7) is 3.60. The Labute approximate surface area is 226 Å². The van der Waals surface area contributed by atoms with Crippen molar-refractivity contribution < 1.29 is 19.1 Å². The molecule has 2 unspecified atom stereocenters. The molecule has 0 N–H and O–H groups in total. The summed E-state index contributed by atoms with van der Waals surface area (Å²) in [4.78, 5) is 32.0. The molecule has 194 valence electrons. The molecule has 0 bridgehead atoms. The number of halogens is 1. The molecule has 1 saturated heterocycles. The van der Waals surface area contributed by atoms with Crippen LogP contribution >= 0.6 is 22.9 Å². The number of fused-ring (bicyclic) bond motifs is 1. The summed E-state index contributed by atoms with van der Waals surface area (Å²) < 4.78 is 11.5. The van der Waals surface area contributed by atoms with Gasteiger partial charge in [-0.2, -0.15) is 0 Å². The molecule has 2 atom stereocenters. The van der Waals surface area contributed by atoms with Crippen LogP contribution in [0.4, 0.5) is 0 Å². The number of carbonyl (C=O) groups is 2. The van der Waals surface area contributed by atoms with E-state index in [9.17, 15) is 9.59 Å². The van der Waals surface area contributed by atoms with Gasteiger partial charge in [-0.1, -0.05) is 35.9 Å². The second-order valence-corrected chi connectivity index (χ2v) is 11.0. The molecule has 1 aromatic heterocycles. The predicted octanol–water partition coefficient (Wildman–Crippen LogP) is 5.27. The van der Waals surface area contributed by atoms with E-state index in [1.54, 1.807) is 40.5 Å². The minimum atomic E-state index is -0.237. The van der Waals surface area contributed by atoms with Crippen LogP contribution in [-0.2, 0) is 20.7 Å². The summed E-state index contributed by atoms with van der Waals surface area (Å²) in [6.07, 6.45) is 2.60. The second kappa shape index (κ2) is 11.7. The Morgan fingerprint density at radius 1 is 1.14 bits per heavy atom. The number of aryl methyl sites for hydroxylation is 1. The van der Waals surface area contributed by atoms with Gasteiger partial charge >= 0.3 is 0 Å². The fourth-order valence-electron chi connectivity index (χ4n) is 5.12. The number of nitrogens with zero attached hydrogens (tertiary/aromatic N) is 2. The zero-order chi connectivity index (χ0) is 25.8. The number of hydrogen-bond donors (Lipinski definition) is 0. The lowest BCUT2D eigenvalue weighted by molar-refractivity contribution is -0.144. The normalized spacial score (nSPS) is 18.9. The molecule has 2 amide bonds. The summed E-state index contributed by atoms with van der Waals surface area (Å²) in [5, 5.41) is 2.70. The van der Waals surface area contributed by atoms with E-state index in [-0.39, 0.29) is 37.1 Å². The summed E-state index contributed by atoms with van der Waals surface area (Å²) in [5.41, 5.74) is 3.45. The molecule has 2 aliphatic rings. The molecule has 37 heavy (non-hydrogen) atoms. The molecule has 3 aromatic rings. The van der Waals surface area contributed by atoms with Crippen molar-refractivity contribution in [2.45, 2.75) is 38.3 Å². The highest BCUT2D eigenvalue weighted by molar-refractivity contribution is 7.10. The summed E-state index contributed by atoms with van der Waals surface area (Å²) in [5.74, 6) is 0.254. The first-order chi connectivity index (χ1) is 18.0. The first kappa shape index (κ1) is 25.8. The summed E-state index contributed by atoms with van der Waals surface area (Å²) >= 11 is 7.70. The Morgan fingerprint density at radius 3 is 2.70 bits per heavy atom. The lowest BCUT2D eigenvalue weighted by Crippen LogP contribution is -2.49. The third-order valence-electron chi connectivity index (χ3n) is 7.07. The monoisotopic (exact) mass is 538 g/mol.